The van der Waals surface area contributed by atoms with E-state index >= 15 is 0 Å². The van der Waals surface area contributed by atoms with E-state index in [2.05, 4.69) is 13.8 Å². The van der Waals surface area contributed by atoms with Crippen molar-refractivity contribution in [2.75, 3.05) is 27.3 Å². The Balaban J connectivity index is 1.94. The zero-order valence-electron chi connectivity index (χ0n) is 14.7. The molecule has 0 saturated carbocycles. The van der Waals surface area contributed by atoms with E-state index in [0.717, 1.165) is 0 Å². The van der Waals surface area contributed by atoms with E-state index in [4.69, 9.17) is 21.7 Å². The number of fused-ring (bicyclic) bond motifs is 1. The Bertz CT molecular complexity index is 774. The minimum absolute atomic E-state index is 0.0634. The van der Waals surface area contributed by atoms with Crippen LogP contribution in [0.1, 0.15) is 19.4 Å². The molecule has 1 aromatic carbocycles. The summed E-state index contributed by atoms with van der Waals surface area (Å²) in [6.07, 6.45) is 1.55. The molecule has 0 aliphatic carbocycles. The number of rotatable bonds is 1. The van der Waals surface area contributed by atoms with Crippen molar-refractivity contribution < 1.29 is 19.1 Å². The summed E-state index contributed by atoms with van der Waals surface area (Å²) in [5.74, 6) is 0.431. The predicted molar refractivity (Wildman–Crippen MR) is 97.3 cm³/mol. The lowest BCUT2D eigenvalue weighted by molar-refractivity contribution is -0.132. The molecule has 0 spiro atoms. The van der Waals surface area contributed by atoms with Crippen LogP contribution in [-0.4, -0.2) is 54.0 Å². The van der Waals surface area contributed by atoms with Crippen LogP contribution < -0.4 is 9.47 Å². The molecule has 2 aliphatic rings. The first-order valence-corrected chi connectivity index (χ1v) is 8.32. The molecule has 25 heavy (non-hydrogen) atoms. The molecule has 1 fully saturated rings. The van der Waals surface area contributed by atoms with Gasteiger partial charge in [-0.25, -0.2) is 0 Å². The van der Waals surface area contributed by atoms with Crippen LogP contribution in [-0.2, 0) is 9.59 Å². The van der Waals surface area contributed by atoms with Crippen molar-refractivity contribution in [1.29, 1.82) is 0 Å². The molecule has 3 rings (SSSR count). The Hall–Kier alpha value is -2.41. The highest BCUT2D eigenvalue weighted by molar-refractivity contribution is 7.80. The molecule has 0 aromatic heterocycles. The van der Waals surface area contributed by atoms with E-state index in [1.807, 2.05) is 0 Å². The number of hydrogen-bond donors (Lipinski definition) is 0. The van der Waals surface area contributed by atoms with Crippen LogP contribution in [0.3, 0.4) is 0 Å². The molecule has 1 saturated heterocycles. The molecule has 0 radical (unpaired) electrons. The average molecular weight is 360 g/mol. The highest BCUT2D eigenvalue weighted by Gasteiger charge is 2.35. The SMILES string of the molecule is CN1C(=O)C(=Cc2ccc3c(c2)OCC(C)(C)CO3)C(=O)N(C)C1=S. The van der Waals surface area contributed by atoms with E-state index in [1.54, 1.807) is 38.4 Å². The summed E-state index contributed by atoms with van der Waals surface area (Å²) >= 11 is 5.09. The Morgan fingerprint density at radius 1 is 1.04 bits per heavy atom. The summed E-state index contributed by atoms with van der Waals surface area (Å²) < 4.78 is 11.6. The van der Waals surface area contributed by atoms with Crippen LogP contribution in [0.4, 0.5) is 0 Å². The van der Waals surface area contributed by atoms with Crippen molar-refractivity contribution in [1.82, 2.24) is 9.80 Å². The molecule has 2 amide bonds. The topological polar surface area (TPSA) is 59.1 Å². The van der Waals surface area contributed by atoms with E-state index in [1.165, 1.54) is 9.80 Å². The van der Waals surface area contributed by atoms with E-state index < -0.39 is 11.8 Å². The summed E-state index contributed by atoms with van der Waals surface area (Å²) in [6, 6.07) is 5.36. The van der Waals surface area contributed by atoms with Gasteiger partial charge in [-0.05, 0) is 36.0 Å². The van der Waals surface area contributed by atoms with Gasteiger partial charge in [0, 0.05) is 19.5 Å². The minimum Gasteiger partial charge on any atom is -0.489 e. The third-order valence-electron chi connectivity index (χ3n) is 4.16. The number of carbonyl (C=O) groups is 2. The van der Waals surface area contributed by atoms with Gasteiger partial charge in [-0.2, -0.15) is 0 Å². The number of benzene rings is 1. The molecule has 6 nitrogen and oxygen atoms in total. The summed E-state index contributed by atoms with van der Waals surface area (Å²) in [7, 11) is 3.11. The van der Waals surface area contributed by atoms with Crippen LogP contribution in [0.25, 0.3) is 6.08 Å². The van der Waals surface area contributed by atoms with Crippen LogP contribution >= 0.6 is 12.2 Å². The van der Waals surface area contributed by atoms with Crippen molar-refractivity contribution in [3.05, 3.63) is 29.3 Å². The fourth-order valence-electron chi connectivity index (χ4n) is 2.58. The molecule has 0 atom stereocenters. The molecule has 2 heterocycles. The predicted octanol–water partition coefficient (Wildman–Crippen LogP) is 2.08. The Morgan fingerprint density at radius 2 is 1.60 bits per heavy atom. The zero-order chi connectivity index (χ0) is 18.4. The number of hydrogen-bond acceptors (Lipinski definition) is 5. The van der Waals surface area contributed by atoms with Crippen molar-refractivity contribution in [2.45, 2.75) is 13.8 Å². The third-order valence-corrected chi connectivity index (χ3v) is 4.71. The standard InChI is InChI=1S/C18H20N2O4S/c1-18(2)9-23-13-6-5-11(8-14(13)24-10-18)7-12-15(21)19(3)17(25)20(4)16(12)22/h5-8H,9-10H2,1-4H3. The molecule has 132 valence electrons. The maximum atomic E-state index is 12.4. The second-order valence-corrected chi connectivity index (χ2v) is 7.38. The minimum atomic E-state index is -0.415. The van der Waals surface area contributed by atoms with Crippen molar-refractivity contribution in [3.8, 4) is 11.5 Å². The van der Waals surface area contributed by atoms with Crippen LogP contribution in [0, 0.1) is 5.41 Å². The molecule has 0 N–H and O–H groups in total. The average Bonchev–Trinajstić information content (AvgIpc) is 2.74. The number of ether oxygens (including phenoxy) is 2. The highest BCUT2D eigenvalue weighted by Crippen LogP contribution is 2.35. The number of amides is 2. The Morgan fingerprint density at radius 3 is 2.20 bits per heavy atom. The van der Waals surface area contributed by atoms with Gasteiger partial charge in [-0.15, -0.1) is 0 Å². The second-order valence-electron chi connectivity index (χ2n) is 7.02. The molecule has 0 unspecified atom stereocenters. The lowest BCUT2D eigenvalue weighted by Crippen LogP contribution is -2.52. The molecule has 7 heteroatoms. The zero-order valence-corrected chi connectivity index (χ0v) is 15.5. The van der Waals surface area contributed by atoms with E-state index in [-0.39, 0.29) is 16.1 Å². The first-order chi connectivity index (χ1) is 11.7. The summed E-state index contributed by atoms with van der Waals surface area (Å²) in [4.78, 5) is 27.4. The molecule has 0 bridgehead atoms. The molecule has 1 aromatic rings. The van der Waals surface area contributed by atoms with Gasteiger partial charge >= 0.3 is 0 Å². The van der Waals surface area contributed by atoms with Gasteiger partial charge < -0.3 is 9.47 Å². The maximum Gasteiger partial charge on any atom is 0.265 e. The Kier molecular flexibility index (Phi) is 4.28. The fraction of sp³-hybridized carbons (Fsp3) is 0.389. The molecular weight excluding hydrogens is 340 g/mol. The number of likely N-dealkylation sites (N-methyl/N-ethyl adjacent to an activating group) is 2. The fourth-order valence-corrected chi connectivity index (χ4v) is 2.74. The lowest BCUT2D eigenvalue weighted by atomic mass is 9.97. The molecular formula is C18H20N2O4S. The van der Waals surface area contributed by atoms with Crippen molar-refractivity contribution >= 4 is 35.2 Å². The first kappa shape index (κ1) is 17.4. The van der Waals surface area contributed by atoms with Crippen LogP contribution in [0.15, 0.2) is 23.8 Å². The van der Waals surface area contributed by atoms with Gasteiger partial charge in [0.15, 0.2) is 16.6 Å². The van der Waals surface area contributed by atoms with Crippen LogP contribution in [0.5, 0.6) is 11.5 Å². The first-order valence-electron chi connectivity index (χ1n) is 7.91. The number of thiocarbonyl (C=S) groups is 1. The van der Waals surface area contributed by atoms with E-state index in [9.17, 15) is 9.59 Å². The van der Waals surface area contributed by atoms with Gasteiger partial charge in [0.25, 0.3) is 11.8 Å². The lowest BCUT2D eigenvalue weighted by Gasteiger charge is -2.31. The Labute approximate surface area is 152 Å². The van der Waals surface area contributed by atoms with Gasteiger partial charge in [-0.3, -0.25) is 19.4 Å². The van der Waals surface area contributed by atoms with E-state index in [0.29, 0.717) is 30.3 Å². The van der Waals surface area contributed by atoms with Crippen LogP contribution in [0.2, 0.25) is 0 Å². The maximum absolute atomic E-state index is 12.4. The summed E-state index contributed by atoms with van der Waals surface area (Å²) in [5.41, 5.74) is 0.662. The number of carbonyl (C=O) groups excluding carboxylic acids is 2. The van der Waals surface area contributed by atoms with Crippen molar-refractivity contribution in [2.24, 2.45) is 5.41 Å². The second kappa shape index (κ2) is 6.15. The normalized spacial score (nSPS) is 19.8. The summed E-state index contributed by atoms with van der Waals surface area (Å²) in [6.45, 7) is 5.22. The van der Waals surface area contributed by atoms with Gasteiger partial charge in [0.1, 0.15) is 5.57 Å². The highest BCUT2D eigenvalue weighted by atomic mass is 32.1. The molecule has 2 aliphatic heterocycles. The smallest absolute Gasteiger partial charge is 0.265 e. The monoisotopic (exact) mass is 360 g/mol. The van der Waals surface area contributed by atoms with Gasteiger partial charge in [-0.1, -0.05) is 19.9 Å². The van der Waals surface area contributed by atoms with Gasteiger partial charge in [0.2, 0.25) is 0 Å². The number of nitrogens with zero attached hydrogens (tertiary/aromatic N) is 2. The largest absolute Gasteiger partial charge is 0.489 e. The third kappa shape index (κ3) is 3.24. The quantitative estimate of drug-likeness (QED) is 0.436. The van der Waals surface area contributed by atoms with Gasteiger partial charge in [0.05, 0.1) is 13.2 Å². The summed E-state index contributed by atoms with van der Waals surface area (Å²) in [5, 5.41) is 0.188. The van der Waals surface area contributed by atoms with Crippen molar-refractivity contribution in [3.63, 3.8) is 0 Å².